The summed E-state index contributed by atoms with van der Waals surface area (Å²) in [7, 11) is 0. The van der Waals surface area contributed by atoms with Crippen LogP contribution in [0.3, 0.4) is 0 Å². The monoisotopic (exact) mass is 340 g/mol. The molecule has 0 saturated carbocycles. The third-order valence-electron chi connectivity index (χ3n) is 4.23. The van der Waals surface area contributed by atoms with E-state index in [1.807, 2.05) is 26.1 Å². The number of anilines is 1. The number of aromatic nitrogens is 1. The molecule has 6 heteroatoms. The van der Waals surface area contributed by atoms with Gasteiger partial charge in [-0.1, -0.05) is 32.8 Å². The number of rotatable bonds is 5. The van der Waals surface area contributed by atoms with Crippen LogP contribution in [0.4, 0.5) is 5.82 Å². The van der Waals surface area contributed by atoms with Crippen molar-refractivity contribution in [3.8, 4) is 0 Å². The van der Waals surface area contributed by atoms with Gasteiger partial charge in [-0.25, -0.2) is 4.98 Å². The van der Waals surface area contributed by atoms with Crippen molar-refractivity contribution in [1.29, 1.82) is 0 Å². The van der Waals surface area contributed by atoms with Crippen LogP contribution in [-0.2, 0) is 11.3 Å². The molecule has 23 heavy (non-hydrogen) atoms. The highest BCUT2D eigenvalue weighted by Crippen LogP contribution is 2.17. The summed E-state index contributed by atoms with van der Waals surface area (Å²) in [5.41, 5.74) is 6.83. The first-order valence-corrected chi connectivity index (χ1v) is 8.31. The van der Waals surface area contributed by atoms with Crippen molar-refractivity contribution in [1.82, 2.24) is 10.3 Å². The second-order valence-corrected chi connectivity index (χ2v) is 6.41. The largest absolute Gasteiger partial charge is 0.357 e. The Morgan fingerprint density at radius 1 is 1.26 bits per heavy atom. The average Bonchev–Trinajstić information content (AvgIpc) is 2.81. The molecular formula is C17H29ClN4O. The minimum atomic E-state index is -0.454. The molecule has 0 radical (unpaired) electrons. The van der Waals surface area contributed by atoms with Crippen LogP contribution >= 0.6 is 12.4 Å². The minimum Gasteiger partial charge on any atom is -0.357 e. The normalized spacial score (nSPS) is 16.4. The molecular weight excluding hydrogens is 312 g/mol. The number of carbonyl (C=O) groups is 1. The lowest BCUT2D eigenvalue weighted by Gasteiger charge is -2.21. The lowest BCUT2D eigenvalue weighted by molar-refractivity contribution is -0.123. The fourth-order valence-electron chi connectivity index (χ4n) is 2.62. The van der Waals surface area contributed by atoms with Gasteiger partial charge >= 0.3 is 0 Å². The first-order valence-electron chi connectivity index (χ1n) is 8.31. The van der Waals surface area contributed by atoms with E-state index < -0.39 is 6.04 Å². The van der Waals surface area contributed by atoms with Gasteiger partial charge in [0.1, 0.15) is 5.82 Å². The topological polar surface area (TPSA) is 71.2 Å². The molecule has 1 aliphatic rings. The maximum atomic E-state index is 11.8. The maximum Gasteiger partial charge on any atom is 0.237 e. The number of amides is 1. The van der Waals surface area contributed by atoms with E-state index in [9.17, 15) is 4.79 Å². The SMILES string of the molecule is CC(C)[C@H](N)C(=O)NCc1ccc(N2CCCCCC2)nc1.Cl. The van der Waals surface area contributed by atoms with Crippen LogP contribution in [0.25, 0.3) is 0 Å². The molecule has 1 aromatic heterocycles. The fraction of sp³-hybridized carbons (Fsp3) is 0.647. The van der Waals surface area contributed by atoms with Crippen LogP contribution < -0.4 is 16.0 Å². The Labute approximate surface area is 145 Å². The van der Waals surface area contributed by atoms with Crippen molar-refractivity contribution in [3.05, 3.63) is 23.9 Å². The third-order valence-corrected chi connectivity index (χ3v) is 4.23. The highest BCUT2D eigenvalue weighted by Gasteiger charge is 2.16. The zero-order valence-corrected chi connectivity index (χ0v) is 14.9. The third kappa shape index (κ3) is 5.99. The van der Waals surface area contributed by atoms with E-state index in [1.165, 1.54) is 25.7 Å². The summed E-state index contributed by atoms with van der Waals surface area (Å²) in [5, 5.41) is 2.87. The summed E-state index contributed by atoms with van der Waals surface area (Å²) < 4.78 is 0. The summed E-state index contributed by atoms with van der Waals surface area (Å²) in [6, 6.07) is 3.63. The summed E-state index contributed by atoms with van der Waals surface area (Å²) in [5.74, 6) is 1.07. The number of hydrogen-bond acceptors (Lipinski definition) is 4. The molecule has 0 unspecified atom stereocenters. The van der Waals surface area contributed by atoms with Gasteiger partial charge in [0, 0.05) is 25.8 Å². The summed E-state index contributed by atoms with van der Waals surface area (Å²) in [6.45, 7) is 6.55. The molecule has 2 rings (SSSR count). The second-order valence-electron chi connectivity index (χ2n) is 6.41. The lowest BCUT2D eigenvalue weighted by Crippen LogP contribution is -2.43. The van der Waals surface area contributed by atoms with E-state index in [2.05, 4.69) is 21.3 Å². The van der Waals surface area contributed by atoms with E-state index in [1.54, 1.807) is 0 Å². The van der Waals surface area contributed by atoms with Crippen LogP contribution in [-0.4, -0.2) is 30.0 Å². The molecule has 130 valence electrons. The number of nitrogens with one attached hydrogen (secondary N) is 1. The quantitative estimate of drug-likeness (QED) is 0.863. The van der Waals surface area contributed by atoms with Crippen LogP contribution in [0.5, 0.6) is 0 Å². The van der Waals surface area contributed by atoms with E-state index in [0.29, 0.717) is 6.54 Å². The molecule has 1 aliphatic heterocycles. The highest BCUT2D eigenvalue weighted by atomic mass is 35.5. The zero-order valence-electron chi connectivity index (χ0n) is 14.1. The first kappa shape index (κ1) is 19.7. The van der Waals surface area contributed by atoms with Crippen molar-refractivity contribution in [2.75, 3.05) is 18.0 Å². The standard InChI is InChI=1S/C17H28N4O.ClH/c1-13(2)16(18)17(22)20-12-14-7-8-15(19-11-14)21-9-5-3-4-6-10-21;/h7-8,11,13,16H,3-6,9-10,12,18H2,1-2H3,(H,20,22);1H/t16-;/m0./s1. The number of halogens is 1. The number of pyridine rings is 1. The Morgan fingerprint density at radius 3 is 2.43 bits per heavy atom. The molecule has 1 saturated heterocycles. The number of carbonyl (C=O) groups excluding carboxylic acids is 1. The second kappa shape index (κ2) is 9.73. The van der Waals surface area contributed by atoms with E-state index >= 15 is 0 Å². The number of nitrogens with two attached hydrogens (primary N) is 1. The average molecular weight is 341 g/mol. The van der Waals surface area contributed by atoms with Gasteiger partial charge in [0.2, 0.25) is 5.91 Å². The number of hydrogen-bond donors (Lipinski definition) is 2. The number of nitrogens with zero attached hydrogens (tertiary/aromatic N) is 2. The molecule has 1 amide bonds. The molecule has 0 bridgehead atoms. The Kier molecular flexibility index (Phi) is 8.34. The molecule has 1 atom stereocenters. The van der Waals surface area contributed by atoms with Gasteiger partial charge < -0.3 is 16.0 Å². The van der Waals surface area contributed by atoms with Crippen molar-refractivity contribution < 1.29 is 4.79 Å². The van der Waals surface area contributed by atoms with E-state index in [0.717, 1.165) is 24.5 Å². The maximum absolute atomic E-state index is 11.8. The highest BCUT2D eigenvalue weighted by molar-refractivity contribution is 5.85. The Bertz CT molecular complexity index is 470. The molecule has 1 aromatic rings. The molecule has 5 nitrogen and oxygen atoms in total. The predicted molar refractivity (Wildman–Crippen MR) is 96.8 cm³/mol. The molecule has 0 aliphatic carbocycles. The van der Waals surface area contributed by atoms with Crippen LogP contribution in [0.1, 0.15) is 45.1 Å². The first-order chi connectivity index (χ1) is 10.6. The van der Waals surface area contributed by atoms with Crippen molar-refractivity contribution in [2.24, 2.45) is 11.7 Å². The van der Waals surface area contributed by atoms with Crippen molar-refractivity contribution in [3.63, 3.8) is 0 Å². The molecule has 0 aromatic carbocycles. The smallest absolute Gasteiger partial charge is 0.237 e. The van der Waals surface area contributed by atoms with Gasteiger partial charge in [-0.05, 0) is 30.4 Å². The van der Waals surface area contributed by atoms with Crippen LogP contribution in [0.2, 0.25) is 0 Å². The van der Waals surface area contributed by atoms with Gasteiger partial charge in [-0.2, -0.15) is 0 Å². The van der Waals surface area contributed by atoms with Crippen LogP contribution in [0.15, 0.2) is 18.3 Å². The fourth-order valence-corrected chi connectivity index (χ4v) is 2.62. The van der Waals surface area contributed by atoms with E-state index in [-0.39, 0.29) is 24.2 Å². The Hall–Kier alpha value is -1.33. The Morgan fingerprint density at radius 2 is 1.91 bits per heavy atom. The predicted octanol–water partition coefficient (Wildman–Crippen LogP) is 2.48. The summed E-state index contributed by atoms with van der Waals surface area (Å²) in [6.07, 6.45) is 6.97. The van der Waals surface area contributed by atoms with Gasteiger partial charge in [-0.3, -0.25) is 4.79 Å². The lowest BCUT2D eigenvalue weighted by atomic mass is 10.1. The molecule has 0 spiro atoms. The minimum absolute atomic E-state index is 0. The Balaban J connectivity index is 0.00000264. The molecule has 3 N–H and O–H groups in total. The van der Waals surface area contributed by atoms with Gasteiger partial charge in [-0.15, -0.1) is 12.4 Å². The van der Waals surface area contributed by atoms with Gasteiger partial charge in [0.25, 0.3) is 0 Å². The van der Waals surface area contributed by atoms with E-state index in [4.69, 9.17) is 5.73 Å². The van der Waals surface area contributed by atoms with Crippen LogP contribution in [0, 0.1) is 5.92 Å². The van der Waals surface area contributed by atoms with Crippen molar-refractivity contribution >= 4 is 24.1 Å². The summed E-state index contributed by atoms with van der Waals surface area (Å²) >= 11 is 0. The van der Waals surface area contributed by atoms with Gasteiger partial charge in [0.15, 0.2) is 0 Å². The van der Waals surface area contributed by atoms with Gasteiger partial charge in [0.05, 0.1) is 6.04 Å². The molecule has 2 heterocycles. The van der Waals surface area contributed by atoms with Crippen molar-refractivity contribution in [2.45, 2.75) is 52.1 Å². The zero-order chi connectivity index (χ0) is 15.9. The molecule has 1 fully saturated rings. The summed E-state index contributed by atoms with van der Waals surface area (Å²) in [4.78, 5) is 18.7.